The molecule has 18 heavy (non-hydrogen) atoms. The van der Waals surface area contributed by atoms with Crippen molar-refractivity contribution in [3.05, 3.63) is 43.9 Å². The maximum Gasteiger partial charge on any atom is 0.195 e. The van der Waals surface area contributed by atoms with Gasteiger partial charge in [-0.15, -0.1) is 0 Å². The summed E-state index contributed by atoms with van der Waals surface area (Å²) in [5.41, 5.74) is 1.49. The summed E-state index contributed by atoms with van der Waals surface area (Å²) >= 11 is 25.4. The van der Waals surface area contributed by atoms with Gasteiger partial charge in [0.25, 0.3) is 0 Å². The maximum atomic E-state index is 6.17. The van der Waals surface area contributed by atoms with Crippen LogP contribution >= 0.6 is 57.7 Å². The number of hydrogen-bond donors (Lipinski definition) is 0. The van der Waals surface area contributed by atoms with Gasteiger partial charge in [0.05, 0.1) is 20.8 Å². The van der Waals surface area contributed by atoms with Crippen LogP contribution in [-0.2, 0) is 0 Å². The number of thiazole rings is 1. The maximum absolute atomic E-state index is 6.17. The molecule has 0 aliphatic rings. The number of imidazole rings is 1. The predicted molar refractivity (Wildman–Crippen MR) is 78.5 cm³/mol. The Kier molecular flexibility index (Phi) is 3.20. The SMILES string of the molecule is Clc1cn2cc(-c3ccc(Cl)c(Cl)c3Cl)nc2s1. The molecule has 2 nitrogen and oxygen atoms in total. The Balaban J connectivity index is 2.19. The van der Waals surface area contributed by atoms with Crippen LogP contribution < -0.4 is 0 Å². The average Bonchev–Trinajstić information content (AvgIpc) is 2.83. The summed E-state index contributed by atoms with van der Waals surface area (Å²) in [5, 5.41) is 1.17. The Morgan fingerprint density at radius 1 is 1.00 bits per heavy atom. The van der Waals surface area contributed by atoms with Crippen LogP contribution in [-0.4, -0.2) is 9.38 Å². The standard InChI is InChI=1S/C11H4Cl4N2S/c12-6-2-1-5(9(14)10(6)15)7-3-17-4-8(13)18-11(17)16-7/h1-4H. The molecule has 3 aromatic rings. The molecule has 0 N–H and O–H groups in total. The smallest absolute Gasteiger partial charge is 0.195 e. The lowest BCUT2D eigenvalue weighted by molar-refractivity contribution is 1.23. The van der Waals surface area contributed by atoms with Crippen LogP contribution in [0.4, 0.5) is 0 Å². The fraction of sp³-hybridized carbons (Fsp3) is 0. The van der Waals surface area contributed by atoms with Crippen molar-refractivity contribution >= 4 is 62.7 Å². The molecule has 0 unspecified atom stereocenters. The molecule has 0 aliphatic heterocycles. The van der Waals surface area contributed by atoms with Crippen molar-refractivity contribution in [2.45, 2.75) is 0 Å². The molecule has 0 radical (unpaired) electrons. The van der Waals surface area contributed by atoms with Crippen molar-refractivity contribution in [2.75, 3.05) is 0 Å². The summed E-state index contributed by atoms with van der Waals surface area (Å²) in [6.45, 7) is 0. The van der Waals surface area contributed by atoms with Crippen molar-refractivity contribution in [3.63, 3.8) is 0 Å². The summed E-state index contributed by atoms with van der Waals surface area (Å²) in [5.74, 6) is 0. The second-order valence-corrected chi connectivity index (χ2v) is 6.38. The van der Waals surface area contributed by atoms with Crippen molar-refractivity contribution in [2.24, 2.45) is 0 Å². The molecule has 2 aromatic heterocycles. The molecule has 0 atom stereocenters. The summed E-state index contributed by atoms with van der Waals surface area (Å²) in [6, 6.07) is 3.50. The first-order valence-electron chi connectivity index (χ1n) is 4.84. The molecule has 1 aromatic carbocycles. The van der Waals surface area contributed by atoms with Gasteiger partial charge in [-0.3, -0.25) is 4.40 Å². The van der Waals surface area contributed by atoms with E-state index in [0.29, 0.717) is 19.4 Å². The van der Waals surface area contributed by atoms with E-state index in [9.17, 15) is 0 Å². The fourth-order valence-corrected chi connectivity index (χ4v) is 3.26. The highest BCUT2D eigenvalue weighted by Gasteiger charge is 2.14. The molecule has 0 bridgehead atoms. The van der Waals surface area contributed by atoms with E-state index in [1.807, 2.05) is 10.6 Å². The largest absolute Gasteiger partial charge is 0.296 e. The second-order valence-electron chi connectivity index (χ2n) is 3.57. The number of benzene rings is 1. The van der Waals surface area contributed by atoms with Crippen LogP contribution in [0, 0.1) is 0 Å². The predicted octanol–water partition coefficient (Wildman–Crippen LogP) is 5.68. The van der Waals surface area contributed by atoms with E-state index in [1.165, 1.54) is 11.3 Å². The summed E-state index contributed by atoms with van der Waals surface area (Å²) in [4.78, 5) is 5.25. The van der Waals surface area contributed by atoms with Crippen LogP contribution in [0.15, 0.2) is 24.5 Å². The molecular formula is C11H4Cl4N2S. The van der Waals surface area contributed by atoms with Gasteiger partial charge < -0.3 is 0 Å². The molecule has 0 spiro atoms. The summed E-state index contributed by atoms with van der Waals surface area (Å²) < 4.78 is 2.53. The van der Waals surface area contributed by atoms with Crippen LogP contribution in [0.5, 0.6) is 0 Å². The quantitative estimate of drug-likeness (QED) is 0.522. The molecule has 7 heteroatoms. The number of aromatic nitrogens is 2. The molecule has 2 heterocycles. The van der Waals surface area contributed by atoms with Crippen LogP contribution in [0.3, 0.4) is 0 Å². The Hall–Kier alpha value is -0.450. The lowest BCUT2D eigenvalue weighted by atomic mass is 10.2. The number of halogens is 4. The molecule has 0 fully saturated rings. The van der Waals surface area contributed by atoms with E-state index >= 15 is 0 Å². The van der Waals surface area contributed by atoms with Gasteiger partial charge in [-0.05, 0) is 12.1 Å². The number of hydrogen-bond acceptors (Lipinski definition) is 2. The highest BCUT2D eigenvalue weighted by molar-refractivity contribution is 7.20. The fourth-order valence-electron chi connectivity index (χ4n) is 1.62. The topological polar surface area (TPSA) is 17.3 Å². The van der Waals surface area contributed by atoms with Gasteiger partial charge >= 0.3 is 0 Å². The van der Waals surface area contributed by atoms with Gasteiger partial charge in [-0.2, -0.15) is 0 Å². The minimum Gasteiger partial charge on any atom is -0.296 e. The first-order chi connectivity index (χ1) is 8.56. The Morgan fingerprint density at radius 3 is 2.50 bits per heavy atom. The highest BCUT2D eigenvalue weighted by Crippen LogP contribution is 2.38. The van der Waals surface area contributed by atoms with Gasteiger partial charge in [0.15, 0.2) is 4.96 Å². The minimum atomic E-state index is 0.338. The zero-order valence-electron chi connectivity index (χ0n) is 8.62. The van der Waals surface area contributed by atoms with Gasteiger partial charge in [-0.25, -0.2) is 4.98 Å². The number of fused-ring (bicyclic) bond motifs is 1. The Labute approximate surface area is 127 Å². The molecule has 92 valence electrons. The van der Waals surface area contributed by atoms with Crippen molar-refractivity contribution in [1.29, 1.82) is 0 Å². The number of nitrogens with zero attached hydrogens (tertiary/aromatic N) is 2. The van der Waals surface area contributed by atoms with Crippen LogP contribution in [0.1, 0.15) is 0 Å². The van der Waals surface area contributed by atoms with E-state index in [2.05, 4.69) is 4.98 Å². The van der Waals surface area contributed by atoms with E-state index in [0.717, 1.165) is 16.2 Å². The van der Waals surface area contributed by atoms with Crippen LogP contribution in [0.25, 0.3) is 16.2 Å². The van der Waals surface area contributed by atoms with Gasteiger partial charge in [-0.1, -0.05) is 57.7 Å². The monoisotopic (exact) mass is 336 g/mol. The van der Waals surface area contributed by atoms with Crippen molar-refractivity contribution in [1.82, 2.24) is 9.38 Å². The zero-order chi connectivity index (χ0) is 12.9. The van der Waals surface area contributed by atoms with E-state index in [4.69, 9.17) is 46.4 Å². The van der Waals surface area contributed by atoms with Gasteiger partial charge in [0, 0.05) is 18.0 Å². The summed E-state index contributed by atoms with van der Waals surface area (Å²) in [7, 11) is 0. The number of rotatable bonds is 1. The average molecular weight is 338 g/mol. The zero-order valence-corrected chi connectivity index (χ0v) is 12.5. The molecule has 0 amide bonds. The minimum absolute atomic E-state index is 0.338. The normalized spacial score (nSPS) is 11.3. The Bertz CT molecular complexity index is 715. The second kappa shape index (κ2) is 4.58. The van der Waals surface area contributed by atoms with Crippen LogP contribution in [0.2, 0.25) is 19.4 Å². The molecular weight excluding hydrogens is 334 g/mol. The molecule has 0 saturated heterocycles. The lowest BCUT2D eigenvalue weighted by Crippen LogP contribution is -1.81. The highest BCUT2D eigenvalue weighted by atomic mass is 35.5. The first-order valence-corrected chi connectivity index (χ1v) is 7.17. The third-order valence-corrected chi connectivity index (χ3v) is 4.85. The van der Waals surface area contributed by atoms with E-state index in [1.54, 1.807) is 18.3 Å². The first kappa shape index (κ1) is 12.6. The summed E-state index contributed by atoms with van der Waals surface area (Å²) in [6.07, 6.45) is 3.65. The Morgan fingerprint density at radius 2 is 1.78 bits per heavy atom. The lowest BCUT2D eigenvalue weighted by Gasteiger charge is -2.04. The van der Waals surface area contributed by atoms with Crippen molar-refractivity contribution < 1.29 is 0 Å². The van der Waals surface area contributed by atoms with Gasteiger partial charge in [0.2, 0.25) is 0 Å². The molecule has 0 aliphatic carbocycles. The third-order valence-electron chi connectivity index (χ3n) is 2.44. The van der Waals surface area contributed by atoms with Gasteiger partial charge in [0.1, 0.15) is 4.34 Å². The molecule has 0 saturated carbocycles. The van der Waals surface area contributed by atoms with Crippen molar-refractivity contribution in [3.8, 4) is 11.3 Å². The molecule has 3 rings (SSSR count). The van der Waals surface area contributed by atoms with E-state index < -0.39 is 0 Å². The van der Waals surface area contributed by atoms with E-state index in [-0.39, 0.29) is 0 Å². The third kappa shape index (κ3) is 2.00.